The normalized spacial score (nSPS) is 15.6. The second-order valence-electron chi connectivity index (χ2n) is 5.16. The summed E-state index contributed by atoms with van der Waals surface area (Å²) < 4.78 is 16.4. The smallest absolute Gasteiger partial charge is 0.324 e. The molecule has 0 aliphatic heterocycles. The molecule has 1 unspecified atom stereocenters. The Kier molecular flexibility index (Phi) is 4.54. The summed E-state index contributed by atoms with van der Waals surface area (Å²) in [6.45, 7) is 8.39. The summed E-state index contributed by atoms with van der Waals surface area (Å²) in [5.41, 5.74) is 2.14. The van der Waals surface area contributed by atoms with E-state index in [1.165, 1.54) is 5.56 Å². The number of hydrogen-bond acceptors (Lipinski definition) is 2. The first-order chi connectivity index (χ1) is 7.74. The highest BCUT2D eigenvalue weighted by Crippen LogP contribution is 2.45. The Morgan fingerprint density at radius 1 is 1.24 bits per heavy atom. The van der Waals surface area contributed by atoms with Crippen LogP contribution in [0.4, 0.5) is 0 Å². The van der Waals surface area contributed by atoms with Gasteiger partial charge in [-0.05, 0) is 23.5 Å². The van der Waals surface area contributed by atoms with E-state index in [2.05, 4.69) is 20.8 Å². The lowest BCUT2D eigenvalue weighted by atomic mass is 9.87. The van der Waals surface area contributed by atoms with Gasteiger partial charge in [0.1, 0.15) is 0 Å². The Morgan fingerprint density at radius 3 is 2.18 bits per heavy atom. The maximum atomic E-state index is 11.6. The van der Waals surface area contributed by atoms with Crippen molar-refractivity contribution in [3.63, 3.8) is 0 Å². The summed E-state index contributed by atoms with van der Waals surface area (Å²) in [6.07, 6.45) is 0.0747. The molecule has 17 heavy (non-hydrogen) atoms. The molecular weight excluding hydrogens is 235 g/mol. The summed E-state index contributed by atoms with van der Waals surface area (Å²) in [5.74, 6) is 0. The van der Waals surface area contributed by atoms with Gasteiger partial charge in [-0.25, -0.2) is 0 Å². The molecule has 3 nitrogen and oxygen atoms in total. The molecule has 0 saturated heterocycles. The first-order valence-electron chi connectivity index (χ1n) is 5.80. The van der Waals surface area contributed by atoms with Crippen LogP contribution in [0.5, 0.6) is 0 Å². The van der Waals surface area contributed by atoms with Gasteiger partial charge in [-0.1, -0.05) is 45.0 Å². The molecule has 1 aromatic carbocycles. The van der Waals surface area contributed by atoms with E-state index < -0.39 is 7.60 Å². The van der Waals surface area contributed by atoms with Gasteiger partial charge >= 0.3 is 7.60 Å². The maximum absolute atomic E-state index is 11.6. The van der Waals surface area contributed by atoms with E-state index in [0.29, 0.717) is 0 Å². The van der Waals surface area contributed by atoms with Crippen molar-refractivity contribution in [1.82, 2.24) is 0 Å². The molecule has 0 heterocycles. The third kappa shape index (κ3) is 4.63. The van der Waals surface area contributed by atoms with Crippen molar-refractivity contribution < 1.29 is 14.0 Å². The largest absolute Gasteiger partial charge is 0.332 e. The quantitative estimate of drug-likeness (QED) is 0.835. The molecule has 0 saturated carbocycles. The fourth-order valence-corrected chi connectivity index (χ4v) is 2.76. The summed E-state index contributed by atoms with van der Waals surface area (Å²) >= 11 is 0. The van der Waals surface area contributed by atoms with E-state index in [9.17, 15) is 9.46 Å². The topological polar surface area (TPSA) is 46.5 Å². The molecule has 1 aromatic rings. The molecule has 0 amide bonds. The molecular formula is C13H21O3P. The van der Waals surface area contributed by atoms with Crippen molar-refractivity contribution in [2.45, 2.75) is 39.3 Å². The van der Waals surface area contributed by atoms with E-state index in [-0.39, 0.29) is 18.2 Å². The van der Waals surface area contributed by atoms with Gasteiger partial charge < -0.3 is 9.42 Å². The molecule has 96 valence electrons. The Morgan fingerprint density at radius 2 is 1.76 bits per heavy atom. The summed E-state index contributed by atoms with van der Waals surface area (Å²) in [7, 11) is -3.47. The maximum Gasteiger partial charge on any atom is 0.332 e. The highest BCUT2D eigenvalue weighted by molar-refractivity contribution is 7.51. The molecule has 0 aromatic heterocycles. The fourth-order valence-electron chi connectivity index (χ4n) is 1.59. The predicted molar refractivity (Wildman–Crippen MR) is 70.3 cm³/mol. The van der Waals surface area contributed by atoms with Crippen LogP contribution in [0.3, 0.4) is 0 Å². The zero-order chi connectivity index (χ0) is 13.1. The molecule has 1 rings (SSSR count). The van der Waals surface area contributed by atoms with Gasteiger partial charge in [-0.15, -0.1) is 0 Å². The van der Waals surface area contributed by atoms with Crippen molar-refractivity contribution in [3.05, 3.63) is 35.4 Å². The molecule has 0 aliphatic carbocycles. The molecule has 4 heteroatoms. The molecule has 0 bridgehead atoms. The van der Waals surface area contributed by atoms with Gasteiger partial charge in [0.05, 0.1) is 12.8 Å². The lowest BCUT2D eigenvalue weighted by Crippen LogP contribution is -2.10. The minimum atomic E-state index is -3.47. The monoisotopic (exact) mass is 256 g/mol. The molecule has 0 radical (unpaired) electrons. The molecule has 1 N–H and O–H groups in total. The molecule has 1 atom stereocenters. The van der Waals surface area contributed by atoms with Gasteiger partial charge in [-0.3, -0.25) is 4.57 Å². The van der Waals surface area contributed by atoms with Gasteiger partial charge in [-0.2, -0.15) is 0 Å². The Balaban J connectivity index is 2.79. The first-order valence-corrected chi connectivity index (χ1v) is 7.56. The van der Waals surface area contributed by atoms with Gasteiger partial charge in [0, 0.05) is 0 Å². The Bertz CT molecular complexity index is 404. The molecule has 0 spiro atoms. The van der Waals surface area contributed by atoms with E-state index in [0.717, 1.165) is 5.56 Å². The highest BCUT2D eigenvalue weighted by Gasteiger charge is 2.19. The lowest BCUT2D eigenvalue weighted by molar-refractivity contribution is 0.272. The van der Waals surface area contributed by atoms with Crippen molar-refractivity contribution in [2.75, 3.05) is 6.61 Å². The zero-order valence-electron chi connectivity index (χ0n) is 10.9. The second kappa shape index (κ2) is 5.34. The van der Waals surface area contributed by atoms with Crippen LogP contribution < -0.4 is 0 Å². The van der Waals surface area contributed by atoms with Crippen molar-refractivity contribution in [1.29, 1.82) is 0 Å². The average molecular weight is 256 g/mol. The van der Waals surface area contributed by atoms with Crippen LogP contribution in [0, 0.1) is 0 Å². The lowest BCUT2D eigenvalue weighted by Gasteiger charge is -2.19. The zero-order valence-corrected chi connectivity index (χ0v) is 11.8. The molecule has 0 aliphatic rings. The van der Waals surface area contributed by atoms with E-state index in [1.54, 1.807) is 6.92 Å². The third-order valence-electron chi connectivity index (χ3n) is 2.53. The van der Waals surface area contributed by atoms with Crippen molar-refractivity contribution >= 4 is 7.60 Å². The van der Waals surface area contributed by atoms with Crippen LogP contribution in [-0.2, 0) is 20.7 Å². The van der Waals surface area contributed by atoms with Gasteiger partial charge in [0.15, 0.2) is 0 Å². The van der Waals surface area contributed by atoms with Crippen LogP contribution >= 0.6 is 7.60 Å². The SMILES string of the molecule is CCOP(=O)(O)Cc1ccc(C(C)(C)C)cc1. The standard InChI is InChI=1S/C13H21O3P/c1-5-16-17(14,15)10-11-6-8-12(9-7-11)13(2,3)4/h6-9H,5,10H2,1-4H3,(H,14,15). The number of rotatable bonds is 4. The second-order valence-corrected chi connectivity index (χ2v) is 7.01. The Labute approximate surface area is 103 Å². The van der Waals surface area contributed by atoms with Crippen LogP contribution in [0.1, 0.15) is 38.8 Å². The summed E-state index contributed by atoms with van der Waals surface area (Å²) in [6, 6.07) is 7.79. The van der Waals surface area contributed by atoms with E-state index in [4.69, 9.17) is 4.52 Å². The number of hydrogen-bond donors (Lipinski definition) is 1. The fraction of sp³-hybridized carbons (Fsp3) is 0.538. The van der Waals surface area contributed by atoms with Gasteiger partial charge in [0.25, 0.3) is 0 Å². The summed E-state index contributed by atoms with van der Waals surface area (Å²) in [4.78, 5) is 9.53. The highest BCUT2D eigenvalue weighted by atomic mass is 31.2. The average Bonchev–Trinajstić information content (AvgIpc) is 2.16. The Hall–Kier alpha value is -0.630. The number of benzene rings is 1. The first kappa shape index (κ1) is 14.4. The van der Waals surface area contributed by atoms with Crippen molar-refractivity contribution in [3.8, 4) is 0 Å². The van der Waals surface area contributed by atoms with Crippen LogP contribution in [0.25, 0.3) is 0 Å². The van der Waals surface area contributed by atoms with E-state index in [1.807, 2.05) is 24.3 Å². The predicted octanol–water partition coefficient (Wildman–Crippen LogP) is 3.71. The van der Waals surface area contributed by atoms with Crippen LogP contribution in [0.15, 0.2) is 24.3 Å². The molecule has 0 fully saturated rings. The third-order valence-corrected chi connectivity index (χ3v) is 3.96. The minimum Gasteiger partial charge on any atom is -0.324 e. The van der Waals surface area contributed by atoms with E-state index >= 15 is 0 Å². The minimum absolute atomic E-state index is 0.0747. The van der Waals surface area contributed by atoms with Gasteiger partial charge in [0.2, 0.25) is 0 Å². The van der Waals surface area contributed by atoms with Crippen LogP contribution in [-0.4, -0.2) is 11.5 Å². The van der Waals surface area contributed by atoms with Crippen LogP contribution in [0.2, 0.25) is 0 Å². The van der Waals surface area contributed by atoms with Crippen molar-refractivity contribution in [2.24, 2.45) is 0 Å². The summed E-state index contributed by atoms with van der Waals surface area (Å²) in [5, 5.41) is 0.